The Morgan fingerprint density at radius 3 is 2.77 bits per heavy atom. The summed E-state index contributed by atoms with van der Waals surface area (Å²) >= 11 is 5.89. The molecule has 0 aliphatic rings. The van der Waals surface area contributed by atoms with Crippen LogP contribution in [0, 0.1) is 0 Å². The van der Waals surface area contributed by atoms with E-state index in [1.54, 1.807) is 0 Å². The number of aryl methyl sites for hydroxylation is 1. The number of aromatic nitrogens is 1. The van der Waals surface area contributed by atoms with Crippen molar-refractivity contribution in [2.75, 3.05) is 6.61 Å². The Morgan fingerprint density at radius 2 is 2.04 bits per heavy atom. The van der Waals surface area contributed by atoms with E-state index < -0.39 is 12.6 Å². The summed E-state index contributed by atoms with van der Waals surface area (Å²) in [5.74, 6) is -0.349. The second-order valence-electron chi connectivity index (χ2n) is 5.69. The van der Waals surface area contributed by atoms with Gasteiger partial charge in [-0.15, -0.1) is 0 Å². The van der Waals surface area contributed by atoms with E-state index in [-0.39, 0.29) is 0 Å². The van der Waals surface area contributed by atoms with Gasteiger partial charge in [0.1, 0.15) is 12.4 Å². The summed E-state index contributed by atoms with van der Waals surface area (Å²) in [7, 11) is 1.92. The molecule has 0 spiro atoms. The number of fused-ring (bicyclic) bond motifs is 1. The molecule has 3 rings (SSSR count). The Balaban J connectivity index is 1.76. The average molecular weight is 373 g/mol. The number of carbonyl (C=O) groups is 1. The number of hydrogen-bond donors (Lipinski definition) is 1. The van der Waals surface area contributed by atoms with E-state index in [9.17, 15) is 4.79 Å². The minimum absolute atomic E-state index is 0.431. The van der Waals surface area contributed by atoms with E-state index >= 15 is 0 Å². The zero-order valence-corrected chi connectivity index (χ0v) is 14.8. The highest BCUT2D eigenvalue weighted by Crippen LogP contribution is 2.25. The van der Waals surface area contributed by atoms with Crippen molar-refractivity contribution in [1.29, 1.82) is 0 Å². The van der Waals surface area contributed by atoms with Crippen molar-refractivity contribution in [2.24, 2.45) is 12.2 Å². The van der Waals surface area contributed by atoms with Crippen molar-refractivity contribution < 1.29 is 19.5 Å². The van der Waals surface area contributed by atoms with E-state index in [1.807, 2.05) is 60.3 Å². The fraction of sp³-hybridized carbons (Fsp3) is 0.158. The van der Waals surface area contributed by atoms with Crippen LogP contribution in [0.2, 0.25) is 5.02 Å². The predicted molar refractivity (Wildman–Crippen MR) is 99.9 cm³/mol. The fourth-order valence-corrected chi connectivity index (χ4v) is 2.65. The number of carboxylic acids is 1. The maximum absolute atomic E-state index is 10.5. The zero-order chi connectivity index (χ0) is 18.5. The second-order valence-corrected chi connectivity index (χ2v) is 6.13. The number of nitrogens with zero attached hydrogens (tertiary/aromatic N) is 2. The van der Waals surface area contributed by atoms with Gasteiger partial charge in [0, 0.05) is 34.7 Å². The molecule has 0 radical (unpaired) electrons. The lowest BCUT2D eigenvalue weighted by molar-refractivity contribution is -0.142. The first-order chi connectivity index (χ1) is 12.5. The first-order valence-electron chi connectivity index (χ1n) is 7.86. The van der Waals surface area contributed by atoms with Gasteiger partial charge in [0.2, 0.25) is 6.61 Å². The number of ether oxygens (including phenoxy) is 1. The van der Waals surface area contributed by atoms with Gasteiger partial charge in [0.25, 0.3) is 0 Å². The quantitative estimate of drug-likeness (QED) is 0.505. The summed E-state index contributed by atoms with van der Waals surface area (Å²) in [5.41, 5.74) is 2.83. The third-order valence-electron chi connectivity index (χ3n) is 3.76. The molecule has 0 aliphatic carbocycles. The van der Waals surface area contributed by atoms with Gasteiger partial charge in [-0.25, -0.2) is 4.79 Å². The van der Waals surface area contributed by atoms with Crippen LogP contribution in [-0.4, -0.2) is 28.5 Å². The topological polar surface area (TPSA) is 73.1 Å². The Bertz CT molecular complexity index is 948. The first-order valence-corrected chi connectivity index (χ1v) is 8.24. The molecule has 0 saturated carbocycles. The predicted octanol–water partition coefficient (Wildman–Crippen LogP) is 3.85. The highest BCUT2D eigenvalue weighted by atomic mass is 35.5. The highest BCUT2D eigenvalue weighted by Gasteiger charge is 2.07. The Hall–Kier alpha value is -2.99. The average Bonchev–Trinajstić information content (AvgIpc) is 2.93. The number of aliphatic carboxylic acids is 1. The van der Waals surface area contributed by atoms with Gasteiger partial charge in [0.15, 0.2) is 0 Å². The molecule has 2 aromatic carbocycles. The van der Waals surface area contributed by atoms with Crippen LogP contribution >= 0.6 is 11.6 Å². The van der Waals surface area contributed by atoms with Crippen LogP contribution in [0.5, 0.6) is 5.75 Å². The van der Waals surface area contributed by atoms with E-state index in [0.717, 1.165) is 27.8 Å². The first kappa shape index (κ1) is 17.8. The molecule has 0 bridgehead atoms. The third-order valence-corrected chi connectivity index (χ3v) is 4.02. The molecule has 0 aliphatic heterocycles. The number of carboxylic acid groups (broad SMARTS) is 1. The third kappa shape index (κ3) is 4.34. The summed E-state index contributed by atoms with van der Waals surface area (Å²) in [5, 5.41) is 13.9. The Morgan fingerprint density at radius 1 is 1.27 bits per heavy atom. The van der Waals surface area contributed by atoms with E-state index in [2.05, 4.69) is 5.16 Å². The van der Waals surface area contributed by atoms with Gasteiger partial charge in [-0.05, 0) is 35.9 Å². The van der Waals surface area contributed by atoms with Gasteiger partial charge in [-0.1, -0.05) is 28.9 Å². The molecular formula is C19H17ClN2O4. The lowest BCUT2D eigenvalue weighted by Crippen LogP contribution is -2.03. The van der Waals surface area contributed by atoms with Crippen LogP contribution < -0.4 is 4.74 Å². The van der Waals surface area contributed by atoms with Gasteiger partial charge in [-0.2, -0.15) is 0 Å². The maximum atomic E-state index is 10.5. The van der Waals surface area contributed by atoms with Gasteiger partial charge in [0.05, 0.1) is 6.21 Å². The molecule has 6 nitrogen and oxygen atoms in total. The molecule has 0 unspecified atom stereocenters. The molecule has 0 fully saturated rings. The molecule has 3 aromatic rings. The Labute approximate surface area is 155 Å². The zero-order valence-electron chi connectivity index (χ0n) is 14.1. The molecule has 0 amide bonds. The molecule has 0 atom stereocenters. The summed E-state index contributed by atoms with van der Waals surface area (Å²) in [6, 6.07) is 13.3. The maximum Gasteiger partial charge on any atom is 0.344 e. The van der Waals surface area contributed by atoms with Gasteiger partial charge in [-0.3, -0.25) is 0 Å². The lowest BCUT2D eigenvalue weighted by atomic mass is 10.2. The van der Waals surface area contributed by atoms with E-state index in [0.29, 0.717) is 11.6 Å². The monoisotopic (exact) mass is 372 g/mol. The molecule has 1 N–H and O–H groups in total. The number of halogens is 1. The standard InChI is InChI=1S/C19H17ClN2O4/c1-22-10-14(9-21-26-12-19(23)24)17-8-16(6-7-18(17)22)25-11-13-2-4-15(20)5-3-13/h2-10H,11-12H2,1H3,(H,23,24)/b21-9+. The normalized spacial score (nSPS) is 11.2. The summed E-state index contributed by atoms with van der Waals surface area (Å²) < 4.78 is 7.81. The molecule has 1 heterocycles. The van der Waals surface area contributed by atoms with Crippen molar-refractivity contribution in [3.8, 4) is 5.75 Å². The van der Waals surface area contributed by atoms with E-state index in [1.165, 1.54) is 6.21 Å². The molecule has 7 heteroatoms. The Kier molecular flexibility index (Phi) is 5.43. The minimum Gasteiger partial charge on any atom is -0.489 e. The lowest BCUT2D eigenvalue weighted by Gasteiger charge is -2.07. The van der Waals surface area contributed by atoms with Crippen LogP contribution in [-0.2, 0) is 23.3 Å². The molecule has 26 heavy (non-hydrogen) atoms. The number of oxime groups is 1. The van der Waals surface area contributed by atoms with Crippen LogP contribution in [0.15, 0.2) is 53.8 Å². The summed E-state index contributed by atoms with van der Waals surface area (Å²) in [6.07, 6.45) is 3.38. The molecule has 1 aromatic heterocycles. The number of benzene rings is 2. The van der Waals surface area contributed by atoms with Crippen molar-refractivity contribution in [1.82, 2.24) is 4.57 Å². The highest BCUT2D eigenvalue weighted by molar-refractivity contribution is 6.30. The largest absolute Gasteiger partial charge is 0.489 e. The number of hydrogen-bond acceptors (Lipinski definition) is 4. The van der Waals surface area contributed by atoms with E-state index in [4.69, 9.17) is 26.3 Å². The summed E-state index contributed by atoms with van der Waals surface area (Å²) in [4.78, 5) is 15.2. The fourth-order valence-electron chi connectivity index (χ4n) is 2.53. The van der Waals surface area contributed by atoms with Crippen molar-refractivity contribution >= 4 is 34.7 Å². The minimum atomic E-state index is -1.07. The second kappa shape index (κ2) is 7.93. The SMILES string of the molecule is Cn1cc(/C=N/OCC(=O)O)c2cc(OCc3ccc(Cl)cc3)ccc21. The number of rotatable bonds is 7. The van der Waals surface area contributed by atoms with Gasteiger partial charge < -0.3 is 19.2 Å². The molecule has 0 saturated heterocycles. The van der Waals surface area contributed by atoms with Crippen molar-refractivity contribution in [2.45, 2.75) is 6.61 Å². The van der Waals surface area contributed by atoms with Crippen LogP contribution in [0.4, 0.5) is 0 Å². The molecular weight excluding hydrogens is 356 g/mol. The van der Waals surface area contributed by atoms with Crippen LogP contribution in [0.3, 0.4) is 0 Å². The van der Waals surface area contributed by atoms with Gasteiger partial charge >= 0.3 is 5.97 Å². The van der Waals surface area contributed by atoms with Crippen molar-refractivity contribution in [3.63, 3.8) is 0 Å². The summed E-state index contributed by atoms with van der Waals surface area (Å²) in [6.45, 7) is -0.0443. The van der Waals surface area contributed by atoms with Crippen LogP contribution in [0.1, 0.15) is 11.1 Å². The van der Waals surface area contributed by atoms with Crippen molar-refractivity contribution in [3.05, 3.63) is 64.8 Å². The van der Waals surface area contributed by atoms with Crippen LogP contribution in [0.25, 0.3) is 10.9 Å². The smallest absolute Gasteiger partial charge is 0.344 e. The molecule has 134 valence electrons.